The molecule has 0 bridgehead atoms. The van der Waals surface area contributed by atoms with E-state index in [2.05, 4.69) is 29.3 Å². The molecule has 2 aliphatic rings. The van der Waals surface area contributed by atoms with Crippen molar-refractivity contribution in [1.29, 1.82) is 0 Å². The van der Waals surface area contributed by atoms with Crippen LogP contribution >= 0.6 is 0 Å². The number of rotatable bonds is 5. The third kappa shape index (κ3) is 3.72. The monoisotopic (exact) mass is 320 g/mol. The van der Waals surface area contributed by atoms with Crippen molar-refractivity contribution in [2.24, 2.45) is 5.92 Å². The Morgan fingerprint density at radius 3 is 2.74 bits per heavy atom. The van der Waals surface area contributed by atoms with E-state index in [1.165, 1.54) is 5.56 Å². The molecule has 126 valence electrons. The van der Waals surface area contributed by atoms with Gasteiger partial charge in [-0.2, -0.15) is 0 Å². The number of aliphatic hydroxyl groups excluding tert-OH is 1. The highest BCUT2D eigenvalue weighted by Crippen LogP contribution is 2.41. The van der Waals surface area contributed by atoms with Crippen LogP contribution in [0.25, 0.3) is 0 Å². The highest BCUT2D eigenvalue weighted by Gasteiger charge is 2.48. The molecular weight excluding hydrogens is 295 g/mol. The number of hydrogen-bond donors (Lipinski definition) is 2. The maximum absolute atomic E-state index is 13.7. The highest BCUT2D eigenvalue weighted by atomic mass is 19.1. The van der Waals surface area contributed by atoms with Gasteiger partial charge in [0.15, 0.2) is 0 Å². The molecule has 2 N–H and O–H groups in total. The van der Waals surface area contributed by atoms with Gasteiger partial charge in [-0.3, -0.25) is 9.69 Å². The lowest BCUT2D eigenvalue weighted by molar-refractivity contribution is -0.137. The smallest absolute Gasteiger partial charge is 0.223 e. The maximum atomic E-state index is 13.7. The number of alkyl halides is 1. The number of hydrogen-bond acceptors (Lipinski definition) is 3. The first-order valence-corrected chi connectivity index (χ1v) is 8.37. The molecule has 0 spiro atoms. The van der Waals surface area contributed by atoms with Crippen LogP contribution in [0.4, 0.5) is 4.39 Å². The zero-order chi connectivity index (χ0) is 16.4. The number of halogens is 1. The molecule has 3 rings (SSSR count). The van der Waals surface area contributed by atoms with E-state index in [-0.39, 0.29) is 30.7 Å². The zero-order valence-corrected chi connectivity index (χ0v) is 13.5. The number of carbonyl (C=O) groups is 1. The molecule has 1 aliphatic heterocycles. The Morgan fingerprint density at radius 1 is 1.39 bits per heavy atom. The largest absolute Gasteiger partial charge is 0.393 e. The minimum atomic E-state index is -1.54. The molecule has 1 heterocycles. The minimum absolute atomic E-state index is 0.0644. The van der Waals surface area contributed by atoms with Gasteiger partial charge in [0.05, 0.1) is 6.61 Å². The third-order valence-electron chi connectivity index (χ3n) is 5.16. The first-order valence-electron chi connectivity index (χ1n) is 8.37. The fraction of sp³-hybridized carbons (Fsp3) is 0.611. The van der Waals surface area contributed by atoms with Crippen molar-refractivity contribution in [3.63, 3.8) is 0 Å². The average molecular weight is 320 g/mol. The first-order chi connectivity index (χ1) is 11.0. The van der Waals surface area contributed by atoms with E-state index >= 15 is 0 Å². The van der Waals surface area contributed by atoms with E-state index in [4.69, 9.17) is 5.11 Å². The molecule has 1 aliphatic carbocycles. The summed E-state index contributed by atoms with van der Waals surface area (Å²) in [6.45, 7) is 3.41. The van der Waals surface area contributed by atoms with Gasteiger partial charge in [0, 0.05) is 31.1 Å². The van der Waals surface area contributed by atoms with E-state index in [0.29, 0.717) is 6.04 Å². The number of carbonyl (C=O) groups excluding carboxylic acids is 1. The molecule has 1 saturated carbocycles. The molecule has 1 aromatic rings. The summed E-state index contributed by atoms with van der Waals surface area (Å²) in [5.74, 6) is -0.351. The number of nitrogens with zero attached hydrogens (tertiary/aromatic N) is 1. The zero-order valence-electron chi connectivity index (χ0n) is 13.5. The van der Waals surface area contributed by atoms with E-state index in [9.17, 15) is 9.18 Å². The molecule has 2 fully saturated rings. The average Bonchev–Trinajstić information content (AvgIpc) is 2.84. The van der Waals surface area contributed by atoms with E-state index in [1.807, 2.05) is 18.2 Å². The van der Waals surface area contributed by atoms with Gasteiger partial charge in [-0.25, -0.2) is 4.39 Å². The summed E-state index contributed by atoms with van der Waals surface area (Å²) in [6.07, 6.45) is 1.21. The molecule has 2 unspecified atom stereocenters. The summed E-state index contributed by atoms with van der Waals surface area (Å²) >= 11 is 0. The Kier molecular flexibility index (Phi) is 4.69. The number of likely N-dealkylation sites (tertiary alicyclic amines) is 1. The Morgan fingerprint density at radius 2 is 2.09 bits per heavy atom. The van der Waals surface area contributed by atoms with E-state index in [1.54, 1.807) is 0 Å². The Labute approximate surface area is 136 Å². The second kappa shape index (κ2) is 6.57. The third-order valence-corrected chi connectivity index (χ3v) is 5.16. The molecule has 0 aromatic heterocycles. The molecule has 1 amide bonds. The van der Waals surface area contributed by atoms with Crippen LogP contribution in [0.2, 0.25) is 0 Å². The first kappa shape index (κ1) is 16.4. The van der Waals surface area contributed by atoms with Gasteiger partial charge >= 0.3 is 0 Å². The molecule has 2 atom stereocenters. The number of benzene rings is 1. The molecule has 1 saturated heterocycles. The fourth-order valence-electron chi connectivity index (χ4n) is 3.70. The number of aliphatic hydroxyl groups is 1. The predicted molar refractivity (Wildman–Crippen MR) is 86.5 cm³/mol. The number of amides is 1. The lowest BCUT2D eigenvalue weighted by Crippen LogP contribution is -2.51. The molecular formula is C18H25FN2O2. The van der Waals surface area contributed by atoms with Crippen molar-refractivity contribution in [1.82, 2.24) is 10.2 Å². The van der Waals surface area contributed by atoms with Crippen molar-refractivity contribution >= 4 is 5.91 Å². The second-order valence-electron chi connectivity index (χ2n) is 7.12. The van der Waals surface area contributed by atoms with Crippen LogP contribution in [0.3, 0.4) is 0 Å². The SMILES string of the molecule is CC1CC(NC(=O)C2CC(F)(CO)C2)CN1Cc1ccccc1. The minimum Gasteiger partial charge on any atom is -0.393 e. The fourth-order valence-corrected chi connectivity index (χ4v) is 3.70. The normalized spacial score (nSPS) is 34.1. The van der Waals surface area contributed by atoms with Crippen LogP contribution in [0.5, 0.6) is 0 Å². The van der Waals surface area contributed by atoms with E-state index < -0.39 is 12.3 Å². The van der Waals surface area contributed by atoms with Crippen LogP contribution in [-0.2, 0) is 11.3 Å². The molecule has 0 radical (unpaired) electrons. The number of nitrogens with one attached hydrogen (secondary N) is 1. The van der Waals surface area contributed by atoms with Crippen LogP contribution in [0, 0.1) is 5.92 Å². The van der Waals surface area contributed by atoms with Gasteiger partial charge < -0.3 is 10.4 Å². The van der Waals surface area contributed by atoms with Crippen LogP contribution < -0.4 is 5.32 Å². The Hall–Kier alpha value is -1.46. The maximum Gasteiger partial charge on any atom is 0.223 e. The van der Waals surface area contributed by atoms with Crippen molar-refractivity contribution < 1.29 is 14.3 Å². The Balaban J connectivity index is 1.48. The van der Waals surface area contributed by atoms with Crippen LogP contribution in [0.15, 0.2) is 30.3 Å². The van der Waals surface area contributed by atoms with E-state index in [0.717, 1.165) is 19.5 Å². The molecule has 4 nitrogen and oxygen atoms in total. The van der Waals surface area contributed by atoms with Gasteiger partial charge in [-0.15, -0.1) is 0 Å². The van der Waals surface area contributed by atoms with Gasteiger partial charge in [0.1, 0.15) is 5.67 Å². The van der Waals surface area contributed by atoms with Crippen molar-refractivity contribution in [2.45, 2.75) is 50.5 Å². The van der Waals surface area contributed by atoms with Gasteiger partial charge in [0.2, 0.25) is 5.91 Å². The van der Waals surface area contributed by atoms with Crippen LogP contribution in [0.1, 0.15) is 31.7 Å². The second-order valence-corrected chi connectivity index (χ2v) is 7.12. The predicted octanol–water partition coefficient (Wildman–Crippen LogP) is 1.88. The summed E-state index contributed by atoms with van der Waals surface area (Å²) in [5, 5.41) is 12.0. The molecule has 1 aromatic carbocycles. The lowest BCUT2D eigenvalue weighted by Gasteiger charge is -2.39. The van der Waals surface area contributed by atoms with Crippen molar-refractivity contribution in [3.05, 3.63) is 35.9 Å². The standard InChI is InChI=1S/C18H25FN2O2/c1-13-7-16(11-21(13)10-14-5-3-2-4-6-14)20-17(23)15-8-18(19,9-15)12-22/h2-6,13,15-16,22H,7-12H2,1H3,(H,20,23). The van der Waals surface area contributed by atoms with Crippen molar-refractivity contribution in [3.8, 4) is 0 Å². The lowest BCUT2D eigenvalue weighted by atomic mass is 9.72. The van der Waals surface area contributed by atoms with Crippen molar-refractivity contribution in [2.75, 3.05) is 13.2 Å². The molecule has 5 heteroatoms. The quantitative estimate of drug-likeness (QED) is 0.871. The topological polar surface area (TPSA) is 52.6 Å². The summed E-state index contributed by atoms with van der Waals surface area (Å²) in [7, 11) is 0. The van der Waals surface area contributed by atoms with Gasteiger partial charge in [-0.1, -0.05) is 30.3 Å². The van der Waals surface area contributed by atoms with Gasteiger partial charge in [-0.05, 0) is 31.7 Å². The summed E-state index contributed by atoms with van der Waals surface area (Å²) in [4.78, 5) is 14.5. The van der Waals surface area contributed by atoms with Crippen LogP contribution in [-0.4, -0.2) is 46.8 Å². The summed E-state index contributed by atoms with van der Waals surface area (Å²) in [6, 6.07) is 10.9. The van der Waals surface area contributed by atoms with Gasteiger partial charge in [0.25, 0.3) is 0 Å². The molecule has 23 heavy (non-hydrogen) atoms. The Bertz CT molecular complexity index is 545. The highest BCUT2D eigenvalue weighted by molar-refractivity contribution is 5.80. The summed E-state index contributed by atoms with van der Waals surface area (Å²) in [5.41, 5.74) is -0.264. The summed E-state index contributed by atoms with van der Waals surface area (Å²) < 4.78 is 13.7.